The van der Waals surface area contributed by atoms with Gasteiger partial charge >= 0.3 is 6.01 Å². The highest BCUT2D eigenvalue weighted by atomic mass is 127. The van der Waals surface area contributed by atoms with Crippen molar-refractivity contribution in [3.05, 3.63) is 65.3 Å². The fraction of sp³-hybridized carbons (Fsp3) is 0.333. The summed E-state index contributed by atoms with van der Waals surface area (Å²) >= 11 is 8.47. The zero-order chi connectivity index (χ0) is 25.9. The molecule has 1 saturated heterocycles. The molecule has 0 N–H and O–H groups in total. The smallest absolute Gasteiger partial charge is 0.319 e. The first-order valence-electron chi connectivity index (χ1n) is 12.1. The molecule has 3 heterocycles. The van der Waals surface area contributed by atoms with E-state index in [1.54, 1.807) is 4.90 Å². The largest absolute Gasteiger partial charge is 0.453 e. The summed E-state index contributed by atoms with van der Waals surface area (Å²) in [6.07, 6.45) is 2.33. The number of carbonyl (C=O) groups is 1. The Morgan fingerprint density at radius 2 is 2.11 bits per heavy atom. The van der Waals surface area contributed by atoms with Crippen LogP contribution in [0.1, 0.15) is 17.7 Å². The lowest BCUT2D eigenvalue weighted by Gasteiger charge is -2.42. The average molecular weight is 629 g/mol. The first-order chi connectivity index (χ1) is 18.0. The summed E-state index contributed by atoms with van der Waals surface area (Å²) in [4.78, 5) is 28.2. The van der Waals surface area contributed by atoms with E-state index < -0.39 is 0 Å². The molecule has 0 radical (unpaired) electrons. The molecule has 5 rings (SSSR count). The van der Waals surface area contributed by atoms with Gasteiger partial charge in [-0.1, -0.05) is 36.4 Å². The van der Waals surface area contributed by atoms with Crippen molar-refractivity contribution in [1.82, 2.24) is 14.9 Å². The minimum Gasteiger partial charge on any atom is -0.453 e. The number of carbonyl (C=O) groups excluding carboxylic acids is 1. The molecule has 1 unspecified atom stereocenters. The van der Waals surface area contributed by atoms with Crippen molar-refractivity contribution in [2.24, 2.45) is 0 Å². The van der Waals surface area contributed by atoms with E-state index in [2.05, 4.69) is 63.2 Å². The molecule has 3 aromatic rings. The molecule has 0 bridgehead atoms. The van der Waals surface area contributed by atoms with Crippen LogP contribution in [-0.4, -0.2) is 57.6 Å². The summed E-state index contributed by atoms with van der Waals surface area (Å²) < 4.78 is 6.18. The summed E-state index contributed by atoms with van der Waals surface area (Å²) in [5, 5.41) is 12.3. The van der Waals surface area contributed by atoms with E-state index in [1.165, 1.54) is 6.08 Å². The van der Waals surface area contributed by atoms with Crippen molar-refractivity contribution in [2.45, 2.75) is 25.4 Å². The lowest BCUT2D eigenvalue weighted by molar-refractivity contribution is -0.128. The third kappa shape index (κ3) is 5.18. The number of halogens is 2. The molecule has 1 aromatic heterocycles. The summed E-state index contributed by atoms with van der Waals surface area (Å²) in [5.41, 5.74) is 3.14. The van der Waals surface area contributed by atoms with E-state index in [0.717, 1.165) is 46.5 Å². The summed E-state index contributed by atoms with van der Waals surface area (Å²) in [6, 6.07) is 14.6. The van der Waals surface area contributed by atoms with Crippen LogP contribution in [0.5, 0.6) is 6.01 Å². The predicted molar refractivity (Wildman–Crippen MR) is 153 cm³/mol. The number of amides is 1. The van der Waals surface area contributed by atoms with Gasteiger partial charge < -0.3 is 19.4 Å². The highest BCUT2D eigenvalue weighted by Gasteiger charge is 2.33. The van der Waals surface area contributed by atoms with E-state index in [9.17, 15) is 10.1 Å². The van der Waals surface area contributed by atoms with E-state index in [1.807, 2.05) is 18.2 Å². The lowest BCUT2D eigenvalue weighted by Crippen LogP contribution is -2.55. The number of hydrogen-bond donors (Lipinski definition) is 0. The Morgan fingerprint density at radius 3 is 2.89 bits per heavy atom. The lowest BCUT2D eigenvalue weighted by atomic mass is 10.0. The predicted octanol–water partition coefficient (Wildman–Crippen LogP) is 4.73. The first-order valence-corrected chi connectivity index (χ1v) is 14.0. The molecule has 2 aliphatic rings. The molecule has 37 heavy (non-hydrogen) atoms. The minimum absolute atomic E-state index is 0.149. The number of hydrogen-bond acceptors (Lipinski definition) is 7. The van der Waals surface area contributed by atoms with Crippen LogP contribution >= 0.6 is 34.2 Å². The summed E-state index contributed by atoms with van der Waals surface area (Å²) in [5.74, 6) is 0.684. The molecular weight excluding hydrogens is 603 g/mol. The van der Waals surface area contributed by atoms with E-state index in [4.69, 9.17) is 26.3 Å². The van der Waals surface area contributed by atoms with Gasteiger partial charge in [-0.15, -0.1) is 0 Å². The number of rotatable bonds is 6. The number of nitriles is 1. The number of ether oxygens (including phenoxy) is 1. The van der Waals surface area contributed by atoms with Gasteiger partial charge in [0.2, 0.25) is 5.91 Å². The molecule has 2 aromatic carbocycles. The van der Waals surface area contributed by atoms with Gasteiger partial charge in [0.15, 0.2) is 0 Å². The Labute approximate surface area is 234 Å². The van der Waals surface area contributed by atoms with Gasteiger partial charge in [-0.25, -0.2) is 0 Å². The van der Waals surface area contributed by atoms with Gasteiger partial charge in [0.1, 0.15) is 10.4 Å². The van der Waals surface area contributed by atoms with Gasteiger partial charge in [0, 0.05) is 47.8 Å². The van der Waals surface area contributed by atoms with Crippen LogP contribution < -0.4 is 14.5 Å². The normalized spacial score (nSPS) is 17.3. The molecule has 0 saturated carbocycles. The van der Waals surface area contributed by atoms with Crippen LogP contribution in [0.2, 0.25) is 5.02 Å². The standard InChI is InChI=1S/C27H26ClIN6O2/c1-2-25(36)35-13-12-34(15-20(35)8-10-30)26-21-9-11-33(16-23(21)31-27(32-26)37-17-29)24-5-3-4-18-6-7-19(28)14-22(18)24/h2-7,14,20H,1,8-9,11-13,15-17H2. The fourth-order valence-corrected chi connectivity index (χ4v) is 5.66. The number of benzene rings is 2. The maximum atomic E-state index is 12.4. The second-order valence-electron chi connectivity index (χ2n) is 9.02. The maximum Gasteiger partial charge on any atom is 0.319 e. The Bertz CT molecular complexity index is 1390. The quantitative estimate of drug-likeness (QED) is 0.222. The Morgan fingerprint density at radius 1 is 1.24 bits per heavy atom. The number of alkyl halides is 1. The molecule has 190 valence electrons. The highest BCUT2D eigenvalue weighted by molar-refractivity contribution is 14.1. The zero-order valence-corrected chi connectivity index (χ0v) is 23.2. The zero-order valence-electron chi connectivity index (χ0n) is 20.2. The summed E-state index contributed by atoms with van der Waals surface area (Å²) in [6.45, 7) is 6.67. The molecule has 0 spiro atoms. The second-order valence-corrected chi connectivity index (χ2v) is 10.1. The molecular formula is C27H26ClIN6O2. The van der Waals surface area contributed by atoms with Gasteiger partial charge in [0.05, 0.1) is 30.8 Å². The Balaban J connectivity index is 1.49. The molecule has 1 amide bonds. The fourth-order valence-electron chi connectivity index (χ4n) is 5.21. The summed E-state index contributed by atoms with van der Waals surface area (Å²) in [7, 11) is 0. The number of anilines is 2. The molecule has 1 atom stereocenters. The van der Waals surface area contributed by atoms with Crippen molar-refractivity contribution in [2.75, 3.05) is 40.6 Å². The van der Waals surface area contributed by atoms with E-state index in [0.29, 0.717) is 41.8 Å². The number of nitrogens with zero attached hydrogens (tertiary/aromatic N) is 6. The first kappa shape index (κ1) is 25.5. The second kappa shape index (κ2) is 11.1. The molecule has 8 nitrogen and oxygen atoms in total. The van der Waals surface area contributed by atoms with Gasteiger partial charge in [-0.3, -0.25) is 4.79 Å². The molecule has 2 aliphatic heterocycles. The van der Waals surface area contributed by atoms with Crippen molar-refractivity contribution >= 4 is 62.4 Å². The topological polar surface area (TPSA) is 85.6 Å². The van der Waals surface area contributed by atoms with Crippen LogP contribution in [0.25, 0.3) is 10.8 Å². The Kier molecular flexibility index (Phi) is 7.67. The average Bonchev–Trinajstić information content (AvgIpc) is 2.92. The van der Waals surface area contributed by atoms with E-state index >= 15 is 0 Å². The van der Waals surface area contributed by atoms with Crippen LogP contribution in [0.4, 0.5) is 11.5 Å². The van der Waals surface area contributed by atoms with Crippen LogP contribution in [0.3, 0.4) is 0 Å². The van der Waals surface area contributed by atoms with Crippen molar-refractivity contribution < 1.29 is 9.53 Å². The van der Waals surface area contributed by atoms with Gasteiger partial charge in [0.25, 0.3) is 0 Å². The number of piperazine rings is 1. The molecule has 10 heteroatoms. The SMILES string of the molecule is C=CC(=O)N1CCN(c2nc(OCI)nc3c2CCN(c2cccc4ccc(Cl)cc24)C3)CC1CC#N. The Hall–Kier alpha value is -3.10. The van der Waals surface area contributed by atoms with Crippen molar-refractivity contribution in [3.8, 4) is 12.1 Å². The van der Waals surface area contributed by atoms with Gasteiger partial charge in [-0.2, -0.15) is 15.2 Å². The minimum atomic E-state index is -0.232. The van der Waals surface area contributed by atoms with Crippen LogP contribution in [0.15, 0.2) is 49.1 Å². The monoisotopic (exact) mass is 628 g/mol. The highest BCUT2D eigenvalue weighted by Crippen LogP contribution is 2.35. The van der Waals surface area contributed by atoms with E-state index in [-0.39, 0.29) is 18.4 Å². The third-order valence-corrected chi connectivity index (χ3v) is 7.48. The maximum absolute atomic E-state index is 12.4. The van der Waals surface area contributed by atoms with Crippen molar-refractivity contribution in [1.29, 1.82) is 5.26 Å². The van der Waals surface area contributed by atoms with Crippen molar-refractivity contribution in [3.63, 3.8) is 0 Å². The van der Waals surface area contributed by atoms with Crippen LogP contribution in [-0.2, 0) is 17.8 Å². The van der Waals surface area contributed by atoms with Crippen LogP contribution in [0, 0.1) is 11.3 Å². The van der Waals surface area contributed by atoms with Gasteiger partial charge in [-0.05, 0) is 58.7 Å². The molecule has 1 fully saturated rings. The number of aromatic nitrogens is 2. The number of fused-ring (bicyclic) bond motifs is 2. The third-order valence-electron chi connectivity index (χ3n) is 6.94. The molecule has 0 aliphatic carbocycles.